The molecule has 1 N–H and O–H groups in total. The van der Waals surface area contributed by atoms with Crippen LogP contribution in [0.4, 0.5) is 0 Å². The maximum atomic E-state index is 4.49. The molecule has 94 valence electrons. The van der Waals surface area contributed by atoms with E-state index in [9.17, 15) is 0 Å². The second-order valence-corrected chi connectivity index (χ2v) is 5.03. The van der Waals surface area contributed by atoms with Gasteiger partial charge in [0.25, 0.3) is 0 Å². The van der Waals surface area contributed by atoms with Crippen molar-refractivity contribution in [2.75, 3.05) is 13.1 Å². The molecule has 1 aromatic carbocycles. The lowest BCUT2D eigenvalue weighted by molar-refractivity contribution is 0.337. The number of rotatable bonds is 3. The number of hydrogen-bond acceptors (Lipinski definition) is 2. The van der Waals surface area contributed by atoms with E-state index in [4.69, 9.17) is 0 Å². The first-order valence-corrected chi connectivity index (χ1v) is 6.70. The smallest absolute Gasteiger partial charge is 0.0953 e. The highest BCUT2D eigenvalue weighted by atomic mass is 15.0. The van der Waals surface area contributed by atoms with Gasteiger partial charge in [0.15, 0.2) is 0 Å². The van der Waals surface area contributed by atoms with Crippen LogP contribution in [0, 0.1) is 5.92 Å². The van der Waals surface area contributed by atoms with Crippen molar-refractivity contribution in [3.63, 3.8) is 0 Å². The quantitative estimate of drug-likeness (QED) is 0.895. The molecule has 0 bridgehead atoms. The second kappa shape index (κ2) is 5.36. The molecular formula is C15H19N3. The summed E-state index contributed by atoms with van der Waals surface area (Å²) in [5.41, 5.74) is 2.26. The zero-order valence-electron chi connectivity index (χ0n) is 10.5. The Labute approximate surface area is 108 Å². The molecule has 3 rings (SSSR count). The first kappa shape index (κ1) is 11.5. The molecule has 18 heavy (non-hydrogen) atoms. The zero-order valence-corrected chi connectivity index (χ0v) is 10.5. The van der Waals surface area contributed by atoms with Crippen LogP contribution in [0.25, 0.3) is 11.3 Å². The fourth-order valence-electron chi connectivity index (χ4n) is 2.60. The summed E-state index contributed by atoms with van der Waals surface area (Å²) in [4.78, 5) is 4.49. The van der Waals surface area contributed by atoms with Crippen LogP contribution in [0.3, 0.4) is 0 Å². The Morgan fingerprint density at radius 2 is 2.17 bits per heavy atom. The first-order valence-electron chi connectivity index (χ1n) is 6.70. The molecule has 2 heterocycles. The van der Waals surface area contributed by atoms with Gasteiger partial charge in [-0.15, -0.1) is 0 Å². The van der Waals surface area contributed by atoms with Gasteiger partial charge in [0.1, 0.15) is 0 Å². The molecule has 1 unspecified atom stereocenters. The molecule has 1 fully saturated rings. The predicted molar refractivity (Wildman–Crippen MR) is 73.3 cm³/mol. The van der Waals surface area contributed by atoms with Crippen LogP contribution in [-0.2, 0) is 6.54 Å². The Balaban J connectivity index is 1.69. The zero-order chi connectivity index (χ0) is 12.2. The molecular weight excluding hydrogens is 222 g/mol. The summed E-state index contributed by atoms with van der Waals surface area (Å²) in [5.74, 6) is 0.747. The highest BCUT2D eigenvalue weighted by molar-refractivity contribution is 5.57. The van der Waals surface area contributed by atoms with Gasteiger partial charge in [0.05, 0.1) is 12.0 Å². The van der Waals surface area contributed by atoms with Gasteiger partial charge in [-0.2, -0.15) is 0 Å². The van der Waals surface area contributed by atoms with Gasteiger partial charge < -0.3 is 9.88 Å². The van der Waals surface area contributed by atoms with Gasteiger partial charge in [0.2, 0.25) is 0 Å². The van der Waals surface area contributed by atoms with E-state index < -0.39 is 0 Å². The van der Waals surface area contributed by atoms with E-state index in [-0.39, 0.29) is 0 Å². The van der Waals surface area contributed by atoms with Crippen LogP contribution in [0.5, 0.6) is 0 Å². The van der Waals surface area contributed by atoms with Crippen LogP contribution in [-0.4, -0.2) is 22.6 Å². The van der Waals surface area contributed by atoms with E-state index >= 15 is 0 Å². The monoisotopic (exact) mass is 241 g/mol. The first-order chi connectivity index (χ1) is 8.92. The van der Waals surface area contributed by atoms with E-state index in [0.717, 1.165) is 24.7 Å². The van der Waals surface area contributed by atoms with Crippen LogP contribution in [0.2, 0.25) is 0 Å². The Hall–Kier alpha value is -1.61. The third-order valence-corrected chi connectivity index (χ3v) is 3.57. The molecule has 0 spiro atoms. The van der Waals surface area contributed by atoms with E-state index in [2.05, 4.69) is 45.3 Å². The molecule has 2 aromatic rings. The Bertz CT molecular complexity index is 483. The van der Waals surface area contributed by atoms with Gasteiger partial charge in [-0.05, 0) is 31.8 Å². The molecule has 0 radical (unpaired) electrons. The van der Waals surface area contributed by atoms with Crippen LogP contribution in [0.1, 0.15) is 12.8 Å². The summed E-state index contributed by atoms with van der Waals surface area (Å²) >= 11 is 0. The Kier molecular flexibility index (Phi) is 3.42. The lowest BCUT2D eigenvalue weighted by atomic mass is 10.00. The van der Waals surface area contributed by atoms with Crippen molar-refractivity contribution in [2.24, 2.45) is 5.92 Å². The topological polar surface area (TPSA) is 29.9 Å². The van der Waals surface area contributed by atoms with E-state index in [1.54, 1.807) is 0 Å². The largest absolute Gasteiger partial charge is 0.337 e. The van der Waals surface area contributed by atoms with Crippen LogP contribution < -0.4 is 5.32 Å². The van der Waals surface area contributed by atoms with Crippen LogP contribution in [0.15, 0.2) is 42.9 Å². The number of imidazole rings is 1. The third kappa shape index (κ3) is 2.62. The van der Waals surface area contributed by atoms with Crippen molar-refractivity contribution >= 4 is 0 Å². The van der Waals surface area contributed by atoms with Crippen molar-refractivity contribution < 1.29 is 0 Å². The SMILES string of the molecule is c1ccc(-c2cn(CC3CCCNC3)cn2)cc1. The standard InChI is InChI=1S/C15H19N3/c1-2-6-14(7-3-1)15-11-18(12-17-15)10-13-5-4-8-16-9-13/h1-3,6-7,11-13,16H,4-5,8-10H2. The normalized spacial score (nSPS) is 19.9. The Morgan fingerprint density at radius 1 is 1.28 bits per heavy atom. The summed E-state index contributed by atoms with van der Waals surface area (Å²) in [5, 5.41) is 3.46. The van der Waals surface area contributed by atoms with Crippen molar-refractivity contribution in [2.45, 2.75) is 19.4 Å². The molecule has 1 aliphatic rings. The minimum absolute atomic E-state index is 0.747. The average Bonchev–Trinajstić information content (AvgIpc) is 2.89. The molecule has 1 atom stereocenters. The fourth-order valence-corrected chi connectivity index (χ4v) is 2.60. The van der Waals surface area contributed by atoms with Crippen molar-refractivity contribution in [1.82, 2.24) is 14.9 Å². The molecule has 0 saturated carbocycles. The van der Waals surface area contributed by atoms with E-state index in [1.165, 1.54) is 24.9 Å². The Morgan fingerprint density at radius 3 is 2.94 bits per heavy atom. The maximum absolute atomic E-state index is 4.49. The summed E-state index contributed by atoms with van der Waals surface area (Å²) in [7, 11) is 0. The van der Waals surface area contributed by atoms with Gasteiger partial charge in [-0.25, -0.2) is 4.98 Å². The minimum Gasteiger partial charge on any atom is -0.337 e. The minimum atomic E-state index is 0.747. The third-order valence-electron chi connectivity index (χ3n) is 3.57. The molecule has 3 nitrogen and oxygen atoms in total. The van der Waals surface area contributed by atoms with E-state index in [1.807, 2.05) is 12.4 Å². The van der Waals surface area contributed by atoms with E-state index in [0.29, 0.717) is 0 Å². The summed E-state index contributed by atoms with van der Waals surface area (Å²) in [6.45, 7) is 3.39. The van der Waals surface area contributed by atoms with Crippen molar-refractivity contribution in [3.8, 4) is 11.3 Å². The predicted octanol–water partition coefficient (Wildman–Crippen LogP) is 2.55. The van der Waals surface area contributed by atoms with Gasteiger partial charge in [-0.1, -0.05) is 30.3 Å². The van der Waals surface area contributed by atoms with Gasteiger partial charge >= 0.3 is 0 Å². The molecule has 3 heteroatoms. The van der Waals surface area contributed by atoms with Crippen molar-refractivity contribution in [1.29, 1.82) is 0 Å². The molecule has 1 saturated heterocycles. The summed E-state index contributed by atoms with van der Waals surface area (Å²) < 4.78 is 2.22. The van der Waals surface area contributed by atoms with Crippen LogP contribution >= 0.6 is 0 Å². The molecule has 0 aliphatic carbocycles. The highest BCUT2D eigenvalue weighted by Crippen LogP contribution is 2.18. The number of nitrogens with one attached hydrogen (secondary N) is 1. The maximum Gasteiger partial charge on any atom is 0.0953 e. The van der Waals surface area contributed by atoms with Gasteiger partial charge in [0, 0.05) is 18.3 Å². The highest BCUT2D eigenvalue weighted by Gasteiger charge is 2.13. The molecule has 1 aromatic heterocycles. The lowest BCUT2D eigenvalue weighted by Gasteiger charge is -2.22. The number of piperidine rings is 1. The lowest BCUT2D eigenvalue weighted by Crippen LogP contribution is -2.31. The molecule has 0 amide bonds. The van der Waals surface area contributed by atoms with Gasteiger partial charge in [-0.3, -0.25) is 0 Å². The summed E-state index contributed by atoms with van der Waals surface area (Å²) in [6.07, 6.45) is 6.73. The number of hydrogen-bond donors (Lipinski definition) is 1. The number of nitrogens with zero attached hydrogens (tertiary/aromatic N) is 2. The number of benzene rings is 1. The van der Waals surface area contributed by atoms with Crippen molar-refractivity contribution in [3.05, 3.63) is 42.9 Å². The average molecular weight is 241 g/mol. The number of aromatic nitrogens is 2. The fraction of sp³-hybridized carbons (Fsp3) is 0.400. The molecule has 1 aliphatic heterocycles. The summed E-state index contributed by atoms with van der Waals surface area (Å²) in [6, 6.07) is 10.4. The second-order valence-electron chi connectivity index (χ2n) is 5.03.